The van der Waals surface area contributed by atoms with E-state index in [9.17, 15) is 53.3 Å². The van der Waals surface area contributed by atoms with Crippen molar-refractivity contribution in [2.45, 2.75) is 111 Å². The number of aryl methyl sites for hydroxylation is 1. The number of hydrogen-bond acceptors (Lipinski definition) is 15. The Balaban J connectivity index is 1.25. The predicted octanol–water partition coefficient (Wildman–Crippen LogP) is 8.28. The summed E-state index contributed by atoms with van der Waals surface area (Å²) >= 11 is 0. The molecule has 7 rings (SSSR count). The lowest BCUT2D eigenvalue weighted by molar-refractivity contribution is -0.442. The first-order valence-electron chi connectivity index (χ1n) is 26.4. The number of hydrogen-bond donors (Lipinski definition) is 3. The summed E-state index contributed by atoms with van der Waals surface area (Å²) in [5.74, 6) is -1.92. The third-order valence-corrected chi connectivity index (χ3v) is 17.3. The van der Waals surface area contributed by atoms with Crippen LogP contribution < -0.4 is 4.90 Å². The Morgan fingerprint density at radius 3 is 1.93 bits per heavy atom. The molecule has 0 radical (unpaired) electrons. The Bertz CT molecular complexity index is 3530. The predicted molar refractivity (Wildman–Crippen MR) is 300 cm³/mol. The molecule has 0 bridgehead atoms. The summed E-state index contributed by atoms with van der Waals surface area (Å²) in [7, 11) is -11.4. The maximum Gasteiger partial charge on any atom is 0.333 e. The Labute approximate surface area is 467 Å². The highest BCUT2D eigenvalue weighted by atomic mass is 32.2. The molecule has 432 valence electrons. The summed E-state index contributed by atoms with van der Waals surface area (Å²) in [5.41, 5.74) is 3.71. The molecular formula is C57H70N3O17S3+. The number of fused-ring (bicyclic) bond motifs is 6. The standard InChI is InChI=1S/C57H69N3O17S3/c1-7-39-35-40(78(64,65)66)36-44-42(39)20-22-46-54(44)56(2,3)49(59(46)28-30-76-34-32-74-6)17-12-9-8-10-13-18-50-57(4,26-15-11-14-19-53(63)77-60-51(61)24-25-52(60)62)55-45-37-41(79(67,68)69)38-48(80(70,71)72)43(45)21-23-47(55)58(50)27-16-29-75-33-31-73-5/h8-10,12-13,17-18,20-23,35-38H,7,11,14-16,19,24-34H2,1-6H3,(H2-,64,65,66,67,68,69,70,71,72)/p+1. The first kappa shape index (κ1) is 61.6. The molecule has 3 N–H and O–H groups in total. The average Bonchev–Trinajstić information content (AvgIpc) is 3.97. The number of amides is 2. The molecule has 4 aromatic carbocycles. The number of carbonyl (C=O) groups is 3. The zero-order chi connectivity index (χ0) is 58.2. The Kier molecular flexibility index (Phi) is 19.9. The SMILES string of the molecule is CCc1cc(S(=O)(=O)O)cc2c3c(ccc12)[N+](CCOCCOC)=C(/C=C/C=C/C=C/C=C1/N(CCCOCCOC)c2ccc4c(S(=O)(=O)O)cc(S(=O)(=O)O)cc4c2C1(C)CCCCCC(=O)ON1C(=O)CCC1=O)C3(C)C. The van der Waals surface area contributed by atoms with Crippen LogP contribution in [0.4, 0.5) is 11.4 Å². The van der Waals surface area contributed by atoms with Crippen LogP contribution in [-0.2, 0) is 85.8 Å². The van der Waals surface area contributed by atoms with Gasteiger partial charge in [-0.05, 0) is 116 Å². The minimum atomic E-state index is -5.03. The highest BCUT2D eigenvalue weighted by Gasteiger charge is 2.47. The van der Waals surface area contributed by atoms with Crippen molar-refractivity contribution in [2.24, 2.45) is 0 Å². The smallest absolute Gasteiger partial charge is 0.333 e. The van der Waals surface area contributed by atoms with Crippen molar-refractivity contribution in [1.82, 2.24) is 5.06 Å². The molecule has 3 heterocycles. The van der Waals surface area contributed by atoms with Crippen LogP contribution in [0, 0.1) is 0 Å². The Hall–Kier alpha value is -5.99. The molecule has 0 spiro atoms. The molecule has 1 atom stereocenters. The van der Waals surface area contributed by atoms with E-state index in [1.165, 1.54) is 24.3 Å². The zero-order valence-electron chi connectivity index (χ0n) is 45.8. The minimum absolute atomic E-state index is 0.0262. The first-order valence-corrected chi connectivity index (χ1v) is 30.7. The van der Waals surface area contributed by atoms with Crippen LogP contribution in [0.2, 0.25) is 0 Å². The van der Waals surface area contributed by atoms with Gasteiger partial charge >= 0.3 is 5.97 Å². The fourth-order valence-corrected chi connectivity index (χ4v) is 12.9. The van der Waals surface area contributed by atoms with Crippen LogP contribution >= 0.6 is 0 Å². The molecule has 3 aliphatic heterocycles. The van der Waals surface area contributed by atoms with E-state index in [2.05, 4.69) is 18.4 Å². The molecule has 0 saturated carbocycles. The number of methoxy groups -OCH3 is 2. The van der Waals surface area contributed by atoms with E-state index in [1.54, 1.807) is 20.3 Å². The van der Waals surface area contributed by atoms with Gasteiger partial charge in [-0.2, -0.15) is 29.8 Å². The summed E-state index contributed by atoms with van der Waals surface area (Å²) in [6.07, 6.45) is 15.7. The first-order chi connectivity index (χ1) is 37.9. The van der Waals surface area contributed by atoms with Crippen LogP contribution in [0.5, 0.6) is 0 Å². The van der Waals surface area contributed by atoms with Gasteiger partial charge in [0.2, 0.25) is 5.69 Å². The molecule has 4 aromatic rings. The quantitative estimate of drug-likeness (QED) is 0.0159. The third kappa shape index (κ3) is 13.7. The van der Waals surface area contributed by atoms with Crippen LogP contribution in [-0.4, -0.2) is 139 Å². The van der Waals surface area contributed by atoms with E-state index in [0.717, 1.165) is 39.7 Å². The number of rotatable bonds is 28. The largest absolute Gasteiger partial charge is 0.382 e. The summed E-state index contributed by atoms with van der Waals surface area (Å²) in [4.78, 5) is 42.4. The fraction of sp³-hybridized carbons (Fsp3) is 0.439. The van der Waals surface area contributed by atoms with Crippen molar-refractivity contribution in [1.29, 1.82) is 0 Å². The van der Waals surface area contributed by atoms with Crippen molar-refractivity contribution in [3.63, 3.8) is 0 Å². The number of carbonyl (C=O) groups excluding carboxylic acids is 3. The van der Waals surface area contributed by atoms with Gasteiger partial charge in [0.1, 0.15) is 11.5 Å². The summed E-state index contributed by atoms with van der Waals surface area (Å²) < 4.78 is 132. The second kappa shape index (κ2) is 25.9. The number of nitrogens with zero attached hydrogens (tertiary/aromatic N) is 3. The Morgan fingerprint density at radius 2 is 1.29 bits per heavy atom. The van der Waals surface area contributed by atoms with Gasteiger partial charge in [0.05, 0.1) is 41.6 Å². The van der Waals surface area contributed by atoms with Gasteiger partial charge in [-0.1, -0.05) is 56.2 Å². The topological polar surface area (TPSA) is 270 Å². The fourth-order valence-electron chi connectivity index (χ4n) is 11.0. The van der Waals surface area contributed by atoms with Gasteiger partial charge in [-0.25, -0.2) is 4.79 Å². The second-order valence-corrected chi connectivity index (χ2v) is 24.6. The van der Waals surface area contributed by atoms with Crippen molar-refractivity contribution < 1.29 is 81.7 Å². The lowest BCUT2D eigenvalue weighted by Gasteiger charge is -2.31. The second-order valence-electron chi connectivity index (χ2n) is 20.4. The van der Waals surface area contributed by atoms with Gasteiger partial charge < -0.3 is 28.7 Å². The van der Waals surface area contributed by atoms with Gasteiger partial charge in [0, 0.05) is 86.5 Å². The van der Waals surface area contributed by atoms with Crippen molar-refractivity contribution in [3.05, 3.63) is 113 Å². The summed E-state index contributed by atoms with van der Waals surface area (Å²) in [6, 6.07) is 12.2. The molecule has 3 aliphatic rings. The van der Waals surface area contributed by atoms with Crippen molar-refractivity contribution >= 4 is 86.8 Å². The number of hydroxylamine groups is 2. The van der Waals surface area contributed by atoms with E-state index in [1.807, 2.05) is 73.4 Å². The summed E-state index contributed by atoms with van der Waals surface area (Å²) in [6.45, 7) is 11.1. The molecule has 2 amide bonds. The molecule has 1 fully saturated rings. The maximum absolute atomic E-state index is 12.9. The molecule has 20 nitrogen and oxygen atoms in total. The van der Waals surface area contributed by atoms with Crippen LogP contribution in [0.3, 0.4) is 0 Å². The van der Waals surface area contributed by atoms with E-state index in [4.69, 9.17) is 23.8 Å². The number of anilines is 1. The minimum Gasteiger partial charge on any atom is -0.382 e. The molecule has 1 saturated heterocycles. The number of imide groups is 1. The number of unbranched alkanes of at least 4 members (excludes halogenated alkanes) is 2. The molecule has 1 unspecified atom stereocenters. The highest BCUT2D eigenvalue weighted by molar-refractivity contribution is 7.87. The van der Waals surface area contributed by atoms with E-state index in [-0.39, 0.29) is 34.9 Å². The molecule has 0 aromatic heterocycles. The monoisotopic (exact) mass is 1160 g/mol. The molecule has 23 heteroatoms. The van der Waals surface area contributed by atoms with Crippen LogP contribution in [0.1, 0.15) is 95.8 Å². The number of benzene rings is 4. The van der Waals surface area contributed by atoms with Gasteiger partial charge in [-0.3, -0.25) is 23.2 Å². The number of allylic oxidation sites excluding steroid dienone is 8. The lowest BCUT2D eigenvalue weighted by atomic mass is 9.75. The summed E-state index contributed by atoms with van der Waals surface area (Å²) in [5, 5.41) is 2.29. The Morgan fingerprint density at radius 1 is 0.675 bits per heavy atom. The van der Waals surface area contributed by atoms with Gasteiger partial charge in [-0.15, -0.1) is 5.06 Å². The van der Waals surface area contributed by atoms with Gasteiger partial charge in [0.25, 0.3) is 42.2 Å². The maximum atomic E-state index is 12.9. The van der Waals surface area contributed by atoms with Gasteiger partial charge in [0.15, 0.2) is 12.3 Å². The van der Waals surface area contributed by atoms with E-state index in [0.29, 0.717) is 113 Å². The zero-order valence-corrected chi connectivity index (χ0v) is 48.3. The van der Waals surface area contributed by atoms with E-state index >= 15 is 0 Å². The third-order valence-electron chi connectivity index (χ3n) is 14.7. The normalized spacial score (nSPS) is 18.2. The highest BCUT2D eigenvalue weighted by Crippen LogP contribution is 2.54. The lowest BCUT2D eigenvalue weighted by Crippen LogP contribution is -2.32. The molecule has 80 heavy (non-hydrogen) atoms. The van der Waals surface area contributed by atoms with E-state index < -0.39 is 68.8 Å². The van der Waals surface area contributed by atoms with Crippen molar-refractivity contribution in [3.8, 4) is 0 Å². The van der Waals surface area contributed by atoms with Crippen LogP contribution in [0.25, 0.3) is 21.5 Å². The average molecular weight is 1170 g/mol. The van der Waals surface area contributed by atoms with Crippen LogP contribution in [0.15, 0.2) is 111 Å². The molecular weight excluding hydrogens is 1090 g/mol. The number of ether oxygens (including phenoxy) is 4. The molecule has 0 aliphatic carbocycles. The van der Waals surface area contributed by atoms with Crippen molar-refractivity contribution in [2.75, 3.05) is 71.9 Å².